The minimum absolute atomic E-state index is 0.0244. The summed E-state index contributed by atoms with van der Waals surface area (Å²) in [7, 11) is 7.83. The molecule has 2 rings (SSSR count). The molecule has 1 heterocycles. The topological polar surface area (TPSA) is 156 Å². The molecule has 4 amide bonds. The number of likely N-dealkylation sites (N-methyl/N-ethyl adjacent to an activating group) is 2. The highest BCUT2D eigenvalue weighted by molar-refractivity contribution is 5.97. The van der Waals surface area contributed by atoms with Crippen LogP contribution >= 0.6 is 0 Å². The van der Waals surface area contributed by atoms with Crippen LogP contribution in [0.3, 0.4) is 0 Å². The number of hydrogen-bond acceptors (Lipinski definition) is 9. The van der Waals surface area contributed by atoms with Crippen molar-refractivity contribution in [2.75, 3.05) is 48.5 Å². The van der Waals surface area contributed by atoms with E-state index >= 15 is 0 Å². The third kappa shape index (κ3) is 11.8. The fourth-order valence-corrected chi connectivity index (χ4v) is 7.37. The maximum atomic E-state index is 14.1. The lowest BCUT2D eigenvalue weighted by atomic mass is 9.89. The molecule has 0 aliphatic carbocycles. The number of nitrogens with zero attached hydrogens (tertiary/aromatic N) is 2. The molecule has 1 aromatic rings. The molecular weight excluding hydrogens is 678 g/mol. The van der Waals surface area contributed by atoms with E-state index < -0.39 is 36.2 Å². The van der Waals surface area contributed by atoms with Crippen LogP contribution < -0.4 is 16.0 Å². The lowest BCUT2D eigenvalue weighted by molar-refractivity contribution is -0.147. The Balaban J connectivity index is 2.22. The average Bonchev–Trinajstić information content (AvgIpc) is 3.62. The Bertz CT molecular complexity index is 1430. The molecule has 0 radical (unpaired) electrons. The Morgan fingerprint density at radius 1 is 1.00 bits per heavy atom. The highest BCUT2D eigenvalue weighted by atomic mass is 16.5. The van der Waals surface area contributed by atoms with E-state index in [0.29, 0.717) is 37.2 Å². The molecule has 1 unspecified atom stereocenters. The van der Waals surface area contributed by atoms with Crippen LogP contribution in [-0.2, 0) is 39.8 Å². The van der Waals surface area contributed by atoms with Crippen molar-refractivity contribution < 1.29 is 38.2 Å². The van der Waals surface area contributed by atoms with Gasteiger partial charge in [-0.1, -0.05) is 59.2 Å². The Hall–Kier alpha value is -3.97. The van der Waals surface area contributed by atoms with Gasteiger partial charge in [0.15, 0.2) is 0 Å². The number of hydrogen-bond donors (Lipinski definition) is 3. The van der Waals surface area contributed by atoms with Crippen LogP contribution in [0.1, 0.15) is 90.1 Å². The number of benzene rings is 1. The maximum Gasteiger partial charge on any atom is 0.338 e. The second-order valence-corrected chi connectivity index (χ2v) is 14.6. The van der Waals surface area contributed by atoms with Crippen molar-refractivity contribution in [2.24, 2.45) is 17.8 Å². The molecule has 0 aromatic heterocycles. The van der Waals surface area contributed by atoms with Gasteiger partial charge in [-0.25, -0.2) is 4.79 Å². The zero-order chi connectivity index (χ0) is 40.0. The molecule has 0 bridgehead atoms. The number of esters is 1. The quantitative estimate of drug-likeness (QED) is 0.134. The summed E-state index contributed by atoms with van der Waals surface area (Å²) in [4.78, 5) is 70.3. The van der Waals surface area contributed by atoms with Crippen molar-refractivity contribution in [1.29, 1.82) is 0 Å². The average molecular weight is 744 g/mol. The molecular formula is C40H65N5O8. The van der Waals surface area contributed by atoms with Gasteiger partial charge >= 0.3 is 5.97 Å². The fraction of sp³-hybridized carbons (Fsp3) is 0.675. The SMILES string of the molecule is CCC(C)[C@@H]([C@@H](CC(=O)N1CCC[C@H]1[C@H](OC)[C@@H](C)C(=O)NCCc1ccccc1C(=O)OC)OC)N(C)C(=O)[C@@H](NC(=O)C(NC)=C(C)C)C(C)C. The predicted molar refractivity (Wildman–Crippen MR) is 205 cm³/mol. The molecule has 7 atom stereocenters. The normalized spacial score (nSPS) is 17.5. The smallest absolute Gasteiger partial charge is 0.338 e. The lowest BCUT2D eigenvalue weighted by Gasteiger charge is -2.40. The van der Waals surface area contributed by atoms with Crippen molar-refractivity contribution >= 4 is 29.6 Å². The number of carbonyl (C=O) groups excluding carboxylic acids is 5. The van der Waals surface area contributed by atoms with Crippen LogP contribution in [0.2, 0.25) is 0 Å². The number of carbonyl (C=O) groups is 5. The first-order chi connectivity index (χ1) is 25.1. The highest BCUT2D eigenvalue weighted by Gasteiger charge is 2.42. The van der Waals surface area contributed by atoms with E-state index in [-0.39, 0.29) is 47.9 Å². The van der Waals surface area contributed by atoms with Crippen molar-refractivity contribution in [3.05, 3.63) is 46.7 Å². The summed E-state index contributed by atoms with van der Waals surface area (Å²) >= 11 is 0. The summed E-state index contributed by atoms with van der Waals surface area (Å²) in [6, 6.07) is 5.55. The summed E-state index contributed by atoms with van der Waals surface area (Å²) < 4.78 is 16.8. The molecule has 13 heteroatoms. The van der Waals surface area contributed by atoms with E-state index in [1.54, 1.807) is 57.2 Å². The largest absolute Gasteiger partial charge is 0.465 e. The second-order valence-electron chi connectivity index (χ2n) is 14.6. The Labute approximate surface area is 316 Å². The molecule has 1 aliphatic heterocycles. The number of amides is 4. The van der Waals surface area contributed by atoms with Crippen LogP contribution in [0.4, 0.5) is 0 Å². The number of ether oxygens (including phenoxy) is 3. The Morgan fingerprint density at radius 2 is 1.66 bits per heavy atom. The molecule has 1 saturated heterocycles. The summed E-state index contributed by atoms with van der Waals surface area (Å²) in [5.74, 6) is -2.19. The van der Waals surface area contributed by atoms with Crippen molar-refractivity contribution in [3.8, 4) is 0 Å². The van der Waals surface area contributed by atoms with Crippen LogP contribution in [0.5, 0.6) is 0 Å². The number of allylic oxidation sites excluding steroid dienone is 1. The van der Waals surface area contributed by atoms with Gasteiger partial charge in [0.05, 0.1) is 55.0 Å². The fourth-order valence-electron chi connectivity index (χ4n) is 7.37. The van der Waals surface area contributed by atoms with Gasteiger partial charge in [-0.05, 0) is 62.1 Å². The molecule has 298 valence electrons. The van der Waals surface area contributed by atoms with Crippen molar-refractivity contribution in [1.82, 2.24) is 25.8 Å². The monoisotopic (exact) mass is 743 g/mol. The summed E-state index contributed by atoms with van der Waals surface area (Å²) in [5, 5.41) is 8.83. The van der Waals surface area contributed by atoms with Crippen LogP contribution in [0.25, 0.3) is 0 Å². The maximum absolute atomic E-state index is 14.1. The van der Waals surface area contributed by atoms with E-state index in [1.807, 2.05) is 53.7 Å². The van der Waals surface area contributed by atoms with Crippen LogP contribution in [0, 0.1) is 17.8 Å². The predicted octanol–water partition coefficient (Wildman–Crippen LogP) is 3.71. The van der Waals surface area contributed by atoms with Gasteiger partial charge in [0.2, 0.25) is 17.7 Å². The van der Waals surface area contributed by atoms with E-state index in [2.05, 4.69) is 16.0 Å². The highest BCUT2D eigenvalue weighted by Crippen LogP contribution is 2.29. The van der Waals surface area contributed by atoms with Crippen LogP contribution in [0.15, 0.2) is 35.5 Å². The first-order valence-corrected chi connectivity index (χ1v) is 18.8. The molecule has 53 heavy (non-hydrogen) atoms. The van der Waals surface area contributed by atoms with Gasteiger partial charge in [0.25, 0.3) is 5.91 Å². The number of rotatable bonds is 20. The molecule has 0 saturated carbocycles. The molecule has 1 aliphatic rings. The van der Waals surface area contributed by atoms with Crippen molar-refractivity contribution in [3.63, 3.8) is 0 Å². The number of likely N-dealkylation sites (tertiary alicyclic amines) is 1. The zero-order valence-corrected chi connectivity index (χ0v) is 34.0. The van der Waals surface area contributed by atoms with Gasteiger partial charge in [0.1, 0.15) is 6.04 Å². The first-order valence-electron chi connectivity index (χ1n) is 18.8. The Morgan fingerprint density at radius 3 is 2.21 bits per heavy atom. The summed E-state index contributed by atoms with van der Waals surface area (Å²) in [6.45, 7) is 14.1. The second kappa shape index (κ2) is 21.7. The van der Waals surface area contributed by atoms with Gasteiger partial charge in [-0.3, -0.25) is 19.2 Å². The lowest BCUT2D eigenvalue weighted by Crippen LogP contribution is -2.58. The third-order valence-electron chi connectivity index (χ3n) is 10.6. The van der Waals surface area contributed by atoms with E-state index in [9.17, 15) is 24.0 Å². The third-order valence-corrected chi connectivity index (χ3v) is 10.6. The molecule has 13 nitrogen and oxygen atoms in total. The van der Waals surface area contributed by atoms with E-state index in [4.69, 9.17) is 14.2 Å². The molecule has 0 spiro atoms. The molecule has 1 fully saturated rings. The summed E-state index contributed by atoms with van der Waals surface area (Å²) in [6.07, 6.45) is 1.45. The summed E-state index contributed by atoms with van der Waals surface area (Å²) in [5.41, 5.74) is 2.44. The van der Waals surface area contributed by atoms with E-state index in [1.165, 1.54) is 7.11 Å². The van der Waals surface area contributed by atoms with Crippen LogP contribution in [-0.4, -0.2) is 118 Å². The molecule has 1 aromatic carbocycles. The standard InChI is InChI=1S/C40H65N5O8/c1-13-26(6)35(44(9)39(49)34(25(4)5)43-38(48)33(41-8)24(2)3)31(51-10)23-32(46)45-22-16-19-30(45)36(52-11)27(7)37(47)42-21-20-28-17-14-15-18-29(28)40(50)53-12/h14-15,17-18,25-27,30-31,34-36,41H,13,16,19-23H2,1-12H3,(H,42,47)(H,43,48)/t26?,27-,30+,31-,34+,35+,36-/m1/s1. The van der Waals surface area contributed by atoms with Gasteiger partial charge in [0, 0.05) is 41.4 Å². The van der Waals surface area contributed by atoms with E-state index in [0.717, 1.165) is 24.0 Å². The molecule has 3 N–H and O–H groups in total. The Kier molecular flexibility index (Phi) is 18.5. The number of nitrogens with one attached hydrogen (secondary N) is 3. The first kappa shape index (κ1) is 45.2. The van der Waals surface area contributed by atoms with Gasteiger partial charge in [-0.2, -0.15) is 0 Å². The van der Waals surface area contributed by atoms with Gasteiger partial charge in [-0.15, -0.1) is 0 Å². The number of methoxy groups -OCH3 is 3. The minimum atomic E-state index is -0.796. The van der Waals surface area contributed by atoms with Gasteiger partial charge < -0.3 is 40.0 Å². The zero-order valence-electron chi connectivity index (χ0n) is 34.0. The minimum Gasteiger partial charge on any atom is -0.465 e. The van der Waals surface area contributed by atoms with Crippen molar-refractivity contribution in [2.45, 2.75) is 111 Å².